The van der Waals surface area contributed by atoms with Crippen molar-refractivity contribution in [2.45, 2.75) is 32.9 Å². The van der Waals surface area contributed by atoms with Gasteiger partial charge in [-0.2, -0.15) is 0 Å². The van der Waals surface area contributed by atoms with Gasteiger partial charge < -0.3 is 10.2 Å². The summed E-state index contributed by atoms with van der Waals surface area (Å²) in [6, 6.07) is 21.6. The lowest BCUT2D eigenvalue weighted by Gasteiger charge is -2.20. The van der Waals surface area contributed by atoms with Crippen molar-refractivity contribution in [1.29, 1.82) is 0 Å². The fourth-order valence-electron chi connectivity index (χ4n) is 4.29. The zero-order chi connectivity index (χ0) is 24.9. The van der Waals surface area contributed by atoms with Gasteiger partial charge in [0.1, 0.15) is 0 Å². The Labute approximate surface area is 211 Å². The molecular weight excluding hydrogens is 460 g/mol. The Hall–Kier alpha value is -3.64. The SMILES string of the molecule is CCN(CC)c1ccc(/C=[N+]2\NC(=O)[C@@H](NC(=O)c3ccc(Cl)cc3)[C@H]2c2ccc(C)cc2)cc1. The summed E-state index contributed by atoms with van der Waals surface area (Å²) in [5, 5.41) is 3.47. The average molecular weight is 490 g/mol. The summed E-state index contributed by atoms with van der Waals surface area (Å²) < 4.78 is 1.78. The summed E-state index contributed by atoms with van der Waals surface area (Å²) in [6.07, 6.45) is 1.91. The van der Waals surface area contributed by atoms with Gasteiger partial charge >= 0.3 is 5.91 Å². The predicted molar refractivity (Wildman–Crippen MR) is 140 cm³/mol. The number of halogens is 1. The molecule has 2 atom stereocenters. The van der Waals surface area contributed by atoms with Crippen LogP contribution in [0.1, 0.15) is 46.9 Å². The van der Waals surface area contributed by atoms with Crippen LogP contribution in [0.15, 0.2) is 72.8 Å². The van der Waals surface area contributed by atoms with Crippen LogP contribution < -0.4 is 15.6 Å². The predicted octanol–water partition coefficient (Wildman–Crippen LogP) is 4.51. The van der Waals surface area contributed by atoms with E-state index in [2.05, 4.69) is 41.6 Å². The molecule has 1 fully saturated rings. The normalized spacial score (nSPS) is 18.4. The Balaban J connectivity index is 1.66. The van der Waals surface area contributed by atoms with Crippen molar-refractivity contribution < 1.29 is 14.3 Å². The summed E-state index contributed by atoms with van der Waals surface area (Å²) in [4.78, 5) is 28.3. The Morgan fingerprint density at radius 3 is 2.23 bits per heavy atom. The molecule has 4 rings (SSSR count). The third-order valence-corrected chi connectivity index (χ3v) is 6.51. The van der Waals surface area contributed by atoms with Crippen molar-refractivity contribution in [2.75, 3.05) is 18.0 Å². The first-order valence-corrected chi connectivity index (χ1v) is 12.2. The van der Waals surface area contributed by atoms with Gasteiger partial charge in [-0.15, -0.1) is 10.1 Å². The van der Waals surface area contributed by atoms with Gasteiger partial charge in [-0.05, 0) is 69.3 Å². The zero-order valence-corrected chi connectivity index (χ0v) is 20.9. The molecule has 0 unspecified atom stereocenters. The number of nitrogens with one attached hydrogen (secondary N) is 2. The van der Waals surface area contributed by atoms with E-state index in [1.165, 1.54) is 0 Å². The molecule has 0 radical (unpaired) electrons. The van der Waals surface area contributed by atoms with E-state index in [1.54, 1.807) is 28.9 Å². The molecule has 0 aromatic heterocycles. The maximum Gasteiger partial charge on any atom is 0.304 e. The van der Waals surface area contributed by atoms with Gasteiger partial charge in [-0.1, -0.05) is 41.4 Å². The fraction of sp³-hybridized carbons (Fsp3) is 0.250. The molecule has 6 nitrogen and oxygen atoms in total. The molecule has 0 spiro atoms. The maximum atomic E-state index is 13.1. The van der Waals surface area contributed by atoms with Crippen LogP contribution in [0.25, 0.3) is 0 Å². The molecule has 7 heteroatoms. The van der Waals surface area contributed by atoms with Gasteiger partial charge in [0.05, 0.1) is 0 Å². The molecule has 2 amide bonds. The minimum absolute atomic E-state index is 0.270. The van der Waals surface area contributed by atoms with Gasteiger partial charge in [0.25, 0.3) is 5.91 Å². The summed E-state index contributed by atoms with van der Waals surface area (Å²) in [7, 11) is 0. The third kappa shape index (κ3) is 5.54. The van der Waals surface area contributed by atoms with Crippen molar-refractivity contribution >= 4 is 35.3 Å². The van der Waals surface area contributed by atoms with E-state index in [1.807, 2.05) is 49.5 Å². The molecule has 3 aromatic carbocycles. The molecule has 3 aromatic rings. The van der Waals surface area contributed by atoms with Crippen molar-refractivity contribution in [1.82, 2.24) is 10.7 Å². The number of hydrazine groups is 1. The Bertz CT molecular complexity index is 1220. The summed E-state index contributed by atoms with van der Waals surface area (Å²) in [5.74, 6) is -0.599. The number of amides is 2. The van der Waals surface area contributed by atoms with Gasteiger partial charge in [-0.25, -0.2) is 0 Å². The molecule has 35 heavy (non-hydrogen) atoms. The number of hydrogen-bond donors (Lipinski definition) is 2. The van der Waals surface area contributed by atoms with Gasteiger partial charge in [-0.3, -0.25) is 9.59 Å². The second-order valence-electron chi connectivity index (χ2n) is 8.59. The van der Waals surface area contributed by atoms with E-state index < -0.39 is 12.1 Å². The van der Waals surface area contributed by atoms with Crippen LogP contribution in [-0.2, 0) is 4.79 Å². The van der Waals surface area contributed by atoms with E-state index in [-0.39, 0.29) is 11.8 Å². The summed E-state index contributed by atoms with van der Waals surface area (Å²) in [6.45, 7) is 8.16. The highest BCUT2D eigenvalue weighted by atomic mass is 35.5. The molecule has 0 aliphatic carbocycles. The Morgan fingerprint density at radius 1 is 1.00 bits per heavy atom. The first-order valence-electron chi connectivity index (χ1n) is 11.8. The second kappa shape index (κ2) is 10.7. The number of carbonyl (C=O) groups is 2. The lowest BCUT2D eigenvalue weighted by molar-refractivity contribution is -0.596. The van der Waals surface area contributed by atoms with Crippen LogP contribution in [0.3, 0.4) is 0 Å². The van der Waals surface area contributed by atoms with Crippen LogP contribution in [0.4, 0.5) is 5.69 Å². The second-order valence-corrected chi connectivity index (χ2v) is 9.03. The lowest BCUT2D eigenvalue weighted by Crippen LogP contribution is -2.42. The molecule has 0 bridgehead atoms. The minimum Gasteiger partial charge on any atom is -0.372 e. The van der Waals surface area contributed by atoms with Gasteiger partial charge in [0.2, 0.25) is 12.3 Å². The van der Waals surface area contributed by atoms with Crippen molar-refractivity contribution in [3.63, 3.8) is 0 Å². The molecule has 180 valence electrons. The van der Waals surface area contributed by atoms with Crippen molar-refractivity contribution in [3.05, 3.63) is 100 Å². The number of benzene rings is 3. The van der Waals surface area contributed by atoms with Gasteiger partial charge in [0, 0.05) is 40.5 Å². The number of nitrogens with zero attached hydrogens (tertiary/aromatic N) is 2. The number of carbonyl (C=O) groups excluding carboxylic acids is 2. The van der Waals surface area contributed by atoms with Crippen LogP contribution >= 0.6 is 11.6 Å². The Kier molecular flexibility index (Phi) is 7.51. The summed E-state index contributed by atoms with van der Waals surface area (Å²) in [5.41, 5.74) is 7.52. The highest BCUT2D eigenvalue weighted by Gasteiger charge is 2.47. The number of rotatable bonds is 7. The minimum atomic E-state index is -0.771. The van der Waals surface area contributed by atoms with E-state index in [0.29, 0.717) is 10.6 Å². The van der Waals surface area contributed by atoms with Gasteiger partial charge in [0.15, 0.2) is 6.04 Å². The smallest absolute Gasteiger partial charge is 0.304 e. The zero-order valence-electron chi connectivity index (χ0n) is 20.2. The van der Waals surface area contributed by atoms with Crippen LogP contribution in [-0.4, -0.2) is 41.8 Å². The van der Waals surface area contributed by atoms with E-state index in [0.717, 1.165) is 35.5 Å². The lowest BCUT2D eigenvalue weighted by atomic mass is 9.98. The monoisotopic (exact) mass is 489 g/mol. The molecule has 0 saturated carbocycles. The topological polar surface area (TPSA) is 64.5 Å². The molecule has 2 N–H and O–H groups in total. The highest BCUT2D eigenvalue weighted by molar-refractivity contribution is 6.30. The third-order valence-electron chi connectivity index (χ3n) is 6.26. The molecule has 1 aliphatic rings. The summed E-state index contributed by atoms with van der Waals surface area (Å²) >= 11 is 5.96. The largest absolute Gasteiger partial charge is 0.372 e. The van der Waals surface area contributed by atoms with Crippen molar-refractivity contribution in [2.24, 2.45) is 0 Å². The quantitative estimate of drug-likeness (QED) is 0.480. The number of anilines is 1. The first kappa shape index (κ1) is 24.5. The number of hydrogen-bond acceptors (Lipinski definition) is 3. The Morgan fingerprint density at radius 2 is 1.63 bits per heavy atom. The van der Waals surface area contributed by atoms with Crippen LogP contribution in [0.2, 0.25) is 5.02 Å². The first-order chi connectivity index (χ1) is 16.9. The average Bonchev–Trinajstić information content (AvgIpc) is 3.16. The number of hydrazone groups is 1. The molecule has 1 aliphatic heterocycles. The standard InChI is InChI=1S/C28H29ClN4O2/c1-4-32(5-2)24-16-8-20(9-17-24)18-33-26(21-10-6-19(3)7-11-21)25(28(35)31-33)30-27(34)22-12-14-23(29)15-13-22/h6-18,25-26H,4-5H2,1-3H3,(H-,30,31,34,35)/p+1/t25-,26+/m0/s1. The van der Waals surface area contributed by atoms with Crippen LogP contribution in [0, 0.1) is 6.92 Å². The van der Waals surface area contributed by atoms with Crippen LogP contribution in [0.5, 0.6) is 0 Å². The molecular formula is C28H30ClN4O2+. The van der Waals surface area contributed by atoms with E-state index in [4.69, 9.17) is 11.6 Å². The maximum absolute atomic E-state index is 13.1. The van der Waals surface area contributed by atoms with E-state index in [9.17, 15) is 9.59 Å². The fourth-order valence-corrected chi connectivity index (χ4v) is 4.42. The highest BCUT2D eigenvalue weighted by Crippen LogP contribution is 2.26. The molecule has 1 heterocycles. The van der Waals surface area contributed by atoms with Crippen molar-refractivity contribution in [3.8, 4) is 0 Å². The van der Waals surface area contributed by atoms with E-state index >= 15 is 0 Å². The number of aryl methyl sites for hydroxylation is 1. The molecule has 1 saturated heterocycles.